The van der Waals surface area contributed by atoms with Crippen molar-refractivity contribution in [1.29, 1.82) is 0 Å². The van der Waals surface area contributed by atoms with Crippen molar-refractivity contribution in [3.05, 3.63) is 23.8 Å². The zero-order valence-electron chi connectivity index (χ0n) is 12.7. The second kappa shape index (κ2) is 6.48. The number of carbonyl (C=O) groups excluding carboxylic acids is 1. The van der Waals surface area contributed by atoms with Gasteiger partial charge in [0, 0.05) is 18.2 Å². The molecule has 1 aromatic carbocycles. The molecule has 0 aromatic heterocycles. The van der Waals surface area contributed by atoms with E-state index in [1.807, 2.05) is 25.1 Å². The number of Topliss-reactive ketones (excluding diaryl/α,β-unsaturated/α-hetero) is 1. The van der Waals surface area contributed by atoms with Gasteiger partial charge in [-0.1, -0.05) is 19.3 Å². The molecule has 114 valence electrons. The van der Waals surface area contributed by atoms with Crippen LogP contribution in [0.25, 0.3) is 0 Å². The average Bonchev–Trinajstić information content (AvgIpc) is 2.54. The van der Waals surface area contributed by atoms with E-state index in [2.05, 4.69) is 10.6 Å². The minimum Gasteiger partial charge on any atom is -0.490 e. The van der Waals surface area contributed by atoms with Crippen LogP contribution in [0.2, 0.25) is 0 Å². The van der Waals surface area contributed by atoms with E-state index < -0.39 is 0 Å². The quantitative estimate of drug-likeness (QED) is 0.836. The number of carbonyl (C=O) groups is 1. The predicted octanol–water partition coefficient (Wildman–Crippen LogP) is 2.98. The first-order valence-corrected chi connectivity index (χ1v) is 8.05. The van der Waals surface area contributed by atoms with Gasteiger partial charge in [-0.25, -0.2) is 0 Å². The van der Waals surface area contributed by atoms with Crippen LogP contribution in [0, 0.1) is 0 Å². The van der Waals surface area contributed by atoms with Crippen molar-refractivity contribution >= 4 is 11.5 Å². The molecule has 1 aliphatic carbocycles. The third kappa shape index (κ3) is 3.38. The summed E-state index contributed by atoms with van der Waals surface area (Å²) >= 11 is 0. The molecule has 1 unspecified atom stereocenters. The lowest BCUT2D eigenvalue weighted by Crippen LogP contribution is -2.42. The van der Waals surface area contributed by atoms with Gasteiger partial charge in [0.05, 0.1) is 11.7 Å². The lowest BCUT2D eigenvalue weighted by molar-refractivity contribution is 0.0940. The fourth-order valence-corrected chi connectivity index (χ4v) is 3.24. The molecule has 0 bridgehead atoms. The highest BCUT2D eigenvalue weighted by Gasteiger charge is 2.22. The minimum atomic E-state index is -0.129. The van der Waals surface area contributed by atoms with Crippen LogP contribution in [0.4, 0.5) is 5.69 Å². The molecule has 0 amide bonds. The van der Waals surface area contributed by atoms with Crippen molar-refractivity contribution in [1.82, 2.24) is 5.32 Å². The molecule has 4 heteroatoms. The van der Waals surface area contributed by atoms with Gasteiger partial charge in [-0.05, 0) is 38.0 Å². The van der Waals surface area contributed by atoms with Crippen molar-refractivity contribution in [2.45, 2.75) is 51.1 Å². The molecule has 0 radical (unpaired) electrons. The lowest BCUT2D eigenvalue weighted by atomic mass is 9.94. The fraction of sp³-hybridized carbons (Fsp3) is 0.588. The topological polar surface area (TPSA) is 50.4 Å². The summed E-state index contributed by atoms with van der Waals surface area (Å²) < 4.78 is 5.55. The molecule has 4 nitrogen and oxygen atoms in total. The lowest BCUT2D eigenvalue weighted by Gasteiger charge is -2.26. The van der Waals surface area contributed by atoms with Crippen LogP contribution in [0.15, 0.2) is 18.2 Å². The maximum atomic E-state index is 12.6. The number of ether oxygens (including phenoxy) is 1. The molecule has 2 aliphatic rings. The third-order valence-electron chi connectivity index (χ3n) is 4.42. The SMILES string of the molecule is CC(NC1CCCCC1)C(=O)c1ccc2c(c1)NCCO2. The van der Waals surface area contributed by atoms with Crippen LogP contribution in [-0.4, -0.2) is 31.0 Å². The van der Waals surface area contributed by atoms with Crippen LogP contribution in [-0.2, 0) is 0 Å². The van der Waals surface area contributed by atoms with Gasteiger partial charge < -0.3 is 15.4 Å². The van der Waals surface area contributed by atoms with Crippen molar-refractivity contribution in [2.75, 3.05) is 18.5 Å². The molecule has 1 heterocycles. The molecule has 21 heavy (non-hydrogen) atoms. The number of anilines is 1. The monoisotopic (exact) mass is 288 g/mol. The van der Waals surface area contributed by atoms with Crippen molar-refractivity contribution in [3.8, 4) is 5.75 Å². The summed E-state index contributed by atoms with van der Waals surface area (Å²) in [6.45, 7) is 3.45. The second-order valence-corrected chi connectivity index (χ2v) is 6.07. The number of nitrogens with one attached hydrogen (secondary N) is 2. The molecular weight excluding hydrogens is 264 g/mol. The first-order valence-electron chi connectivity index (χ1n) is 8.05. The molecule has 0 saturated heterocycles. The number of fused-ring (bicyclic) bond motifs is 1. The molecular formula is C17H24N2O2. The largest absolute Gasteiger partial charge is 0.490 e. The van der Waals surface area contributed by atoms with E-state index in [4.69, 9.17) is 4.74 Å². The molecule has 0 spiro atoms. The van der Waals surface area contributed by atoms with Crippen molar-refractivity contribution < 1.29 is 9.53 Å². The van der Waals surface area contributed by atoms with Crippen molar-refractivity contribution in [2.24, 2.45) is 0 Å². The number of hydrogen-bond acceptors (Lipinski definition) is 4. The van der Waals surface area contributed by atoms with Gasteiger partial charge in [0.2, 0.25) is 0 Å². The fourth-order valence-electron chi connectivity index (χ4n) is 3.24. The minimum absolute atomic E-state index is 0.129. The Labute approximate surface area is 126 Å². The molecule has 1 aliphatic heterocycles. The number of rotatable bonds is 4. The predicted molar refractivity (Wildman–Crippen MR) is 84.2 cm³/mol. The van der Waals surface area contributed by atoms with Gasteiger partial charge in [-0.15, -0.1) is 0 Å². The maximum Gasteiger partial charge on any atom is 0.179 e. The first kappa shape index (κ1) is 14.4. The summed E-state index contributed by atoms with van der Waals surface area (Å²) in [7, 11) is 0. The summed E-state index contributed by atoms with van der Waals surface area (Å²) in [4.78, 5) is 12.6. The van der Waals surface area contributed by atoms with Crippen LogP contribution in [0.5, 0.6) is 5.75 Å². The highest BCUT2D eigenvalue weighted by Crippen LogP contribution is 2.28. The molecule has 1 aromatic rings. The summed E-state index contributed by atoms with van der Waals surface area (Å²) in [5, 5.41) is 6.78. The standard InChI is InChI=1S/C17H24N2O2/c1-12(19-14-5-3-2-4-6-14)17(20)13-7-8-16-15(11-13)18-9-10-21-16/h7-8,11-12,14,18-19H,2-6,9-10H2,1H3. The average molecular weight is 288 g/mol. The number of benzene rings is 1. The van der Waals surface area contributed by atoms with E-state index in [0.717, 1.165) is 23.5 Å². The third-order valence-corrected chi connectivity index (χ3v) is 4.42. The van der Waals surface area contributed by atoms with Gasteiger partial charge in [-0.3, -0.25) is 4.79 Å². The van der Waals surface area contributed by atoms with E-state index in [1.165, 1.54) is 32.1 Å². The Morgan fingerprint density at radius 3 is 2.95 bits per heavy atom. The molecule has 3 rings (SSSR count). The zero-order chi connectivity index (χ0) is 14.7. The second-order valence-electron chi connectivity index (χ2n) is 6.07. The van der Waals surface area contributed by atoms with Gasteiger partial charge in [-0.2, -0.15) is 0 Å². The van der Waals surface area contributed by atoms with Crippen LogP contribution < -0.4 is 15.4 Å². The van der Waals surface area contributed by atoms with E-state index in [0.29, 0.717) is 12.6 Å². The summed E-state index contributed by atoms with van der Waals surface area (Å²) in [6, 6.07) is 6.04. The summed E-state index contributed by atoms with van der Waals surface area (Å²) in [5.41, 5.74) is 1.68. The Hall–Kier alpha value is -1.55. The highest BCUT2D eigenvalue weighted by molar-refractivity contribution is 6.01. The van der Waals surface area contributed by atoms with E-state index in [-0.39, 0.29) is 11.8 Å². The van der Waals surface area contributed by atoms with Gasteiger partial charge in [0.15, 0.2) is 5.78 Å². The van der Waals surface area contributed by atoms with E-state index >= 15 is 0 Å². The summed E-state index contributed by atoms with van der Waals surface area (Å²) in [5.74, 6) is 1.00. The van der Waals surface area contributed by atoms with Gasteiger partial charge in [0.1, 0.15) is 12.4 Å². The maximum absolute atomic E-state index is 12.6. The first-order chi connectivity index (χ1) is 10.2. The Kier molecular flexibility index (Phi) is 4.44. The Morgan fingerprint density at radius 2 is 2.14 bits per heavy atom. The van der Waals surface area contributed by atoms with E-state index in [9.17, 15) is 4.79 Å². The van der Waals surface area contributed by atoms with Gasteiger partial charge >= 0.3 is 0 Å². The molecule has 2 N–H and O–H groups in total. The zero-order valence-corrected chi connectivity index (χ0v) is 12.7. The van der Waals surface area contributed by atoms with Crippen LogP contribution in [0.1, 0.15) is 49.4 Å². The molecule has 1 fully saturated rings. The molecule has 1 atom stereocenters. The number of hydrogen-bond donors (Lipinski definition) is 2. The Morgan fingerprint density at radius 1 is 1.33 bits per heavy atom. The molecule has 1 saturated carbocycles. The Balaban J connectivity index is 1.66. The van der Waals surface area contributed by atoms with Gasteiger partial charge in [0.25, 0.3) is 0 Å². The van der Waals surface area contributed by atoms with E-state index in [1.54, 1.807) is 0 Å². The summed E-state index contributed by atoms with van der Waals surface area (Å²) in [6.07, 6.45) is 6.27. The van der Waals surface area contributed by atoms with Crippen molar-refractivity contribution in [3.63, 3.8) is 0 Å². The van der Waals surface area contributed by atoms with Crippen LogP contribution in [0.3, 0.4) is 0 Å². The highest BCUT2D eigenvalue weighted by atomic mass is 16.5. The van der Waals surface area contributed by atoms with Crippen LogP contribution >= 0.6 is 0 Å². The number of ketones is 1. The smallest absolute Gasteiger partial charge is 0.179 e. The Bertz CT molecular complexity index is 510. The normalized spacial score (nSPS) is 20.0.